The van der Waals surface area contributed by atoms with Gasteiger partial charge in [-0.25, -0.2) is 0 Å². The molecule has 3 aliphatic rings. The third kappa shape index (κ3) is 20.8. The molecule has 0 aromatic heterocycles. The fraction of sp³-hybridized carbons (Fsp3) is 1.00. The molecule has 16 unspecified atom stereocenters. The van der Waals surface area contributed by atoms with E-state index in [1.165, 1.54) is 32.8 Å². The van der Waals surface area contributed by atoms with Gasteiger partial charge in [0.15, 0.2) is 12.6 Å². The van der Waals surface area contributed by atoms with Crippen molar-refractivity contribution in [1.82, 2.24) is 0 Å². The van der Waals surface area contributed by atoms with E-state index >= 15 is 0 Å². The van der Waals surface area contributed by atoms with Crippen LogP contribution in [-0.2, 0) is 65.7 Å². The second-order valence-electron chi connectivity index (χ2n) is 13.1. The first-order valence-electron chi connectivity index (χ1n) is 19.8. The van der Waals surface area contributed by atoms with Crippen LogP contribution in [0, 0.1) is 5.92 Å². The summed E-state index contributed by atoms with van der Waals surface area (Å²) in [5.41, 5.74) is 0. The Morgan fingerprint density at radius 1 is 0.600 bits per heavy atom. The normalized spacial score (nSPS) is 35.8. The molecule has 0 aromatic rings. The van der Waals surface area contributed by atoms with Crippen LogP contribution in [0.4, 0.5) is 0 Å². The van der Waals surface area contributed by atoms with Crippen molar-refractivity contribution in [3.8, 4) is 0 Å². The minimum absolute atomic E-state index is 0. The quantitative estimate of drug-likeness (QED) is 0.0786. The zero-order chi connectivity index (χ0) is 42.0. The molecule has 16 atom stereocenters. The molecule has 0 spiro atoms. The van der Waals surface area contributed by atoms with Gasteiger partial charge < -0.3 is 78.9 Å². The Kier molecular flexibility index (Phi) is 39.0. The number of aliphatic hydroxyl groups excluding tert-OH is 9. The van der Waals surface area contributed by atoms with Gasteiger partial charge in [-0.1, -0.05) is 88.0 Å². The van der Waals surface area contributed by atoms with E-state index in [1.807, 2.05) is 34.6 Å². The summed E-state index contributed by atoms with van der Waals surface area (Å²) in [6, 6.07) is 0. The number of hydrogen-bond donors (Lipinski definition) is 9. The first-order valence-corrected chi connectivity index (χ1v) is 21.2. The topological polar surface area (TPSA) is 247 Å². The molecule has 3 fully saturated rings. The molecular formula is C37H79O16PY. The third-order valence-electron chi connectivity index (χ3n) is 8.55. The van der Waals surface area contributed by atoms with Gasteiger partial charge in [-0.2, -0.15) is 0 Å². The fourth-order valence-corrected chi connectivity index (χ4v) is 6.06. The Morgan fingerprint density at radius 3 is 1.49 bits per heavy atom. The number of unbranched alkanes of at least 4 members (excludes halogenated alkanes) is 1. The molecule has 3 aliphatic heterocycles. The maximum Gasteiger partial charge on any atom is 0.187 e. The molecule has 3 saturated heterocycles. The van der Waals surface area contributed by atoms with Crippen LogP contribution < -0.4 is 0 Å². The molecule has 0 aromatic carbocycles. The maximum atomic E-state index is 11.0. The van der Waals surface area contributed by atoms with E-state index < -0.39 is 105 Å². The molecule has 55 heavy (non-hydrogen) atoms. The van der Waals surface area contributed by atoms with Crippen molar-refractivity contribution in [1.29, 1.82) is 0 Å². The van der Waals surface area contributed by atoms with E-state index in [0.717, 1.165) is 12.5 Å². The van der Waals surface area contributed by atoms with Crippen molar-refractivity contribution < 1.29 is 112 Å². The summed E-state index contributed by atoms with van der Waals surface area (Å²) in [5.74, 6) is 0.898. The van der Waals surface area contributed by atoms with Gasteiger partial charge in [-0.15, -0.1) is 0 Å². The van der Waals surface area contributed by atoms with Gasteiger partial charge in [0, 0.05) is 48.6 Å². The molecule has 0 amide bonds. The summed E-state index contributed by atoms with van der Waals surface area (Å²) in [4.78, 5) is 0. The Hall–Kier alpha value is 0.894. The van der Waals surface area contributed by atoms with Gasteiger partial charge in [0.25, 0.3) is 0 Å². The minimum Gasteiger partial charge on any atom is -0.394 e. The molecule has 0 aliphatic carbocycles. The number of rotatable bonds is 16. The van der Waals surface area contributed by atoms with Gasteiger partial charge in [0.1, 0.15) is 73.2 Å². The first kappa shape index (κ1) is 60.2. The minimum atomic E-state index is -1.81. The number of methoxy groups -OCH3 is 1. The van der Waals surface area contributed by atoms with Crippen LogP contribution in [0.25, 0.3) is 0 Å². The van der Waals surface area contributed by atoms with Crippen molar-refractivity contribution in [3.05, 3.63) is 0 Å². The largest absolute Gasteiger partial charge is 0.394 e. The summed E-state index contributed by atoms with van der Waals surface area (Å²) in [5, 5.41) is 93.0. The molecular weight excluding hydrogens is 820 g/mol. The zero-order valence-electron chi connectivity index (χ0n) is 35.3. The number of ether oxygens (including phenoxy) is 6. The number of hydrogen-bond acceptors (Lipinski definition) is 16. The van der Waals surface area contributed by atoms with E-state index in [-0.39, 0.29) is 39.3 Å². The third-order valence-corrected chi connectivity index (χ3v) is 9.04. The average molecular weight is 900 g/mol. The summed E-state index contributed by atoms with van der Waals surface area (Å²) >= 11 is 0. The van der Waals surface area contributed by atoms with Crippen molar-refractivity contribution in [2.24, 2.45) is 5.92 Å². The van der Waals surface area contributed by atoms with E-state index in [2.05, 4.69) is 34.4 Å². The zero-order valence-corrected chi connectivity index (χ0v) is 39.1. The van der Waals surface area contributed by atoms with Crippen LogP contribution in [-0.4, -0.2) is 178 Å². The molecule has 9 N–H and O–H groups in total. The molecule has 3 rings (SSSR count). The SMILES string of the molecule is CC.CC.CCCC(C)C.CCCC1OC(CO)C(O)C(OC2OC(CO)C(O)C(OC3OC(COC)C(O)C(O)C3O)C2O)C1O.CCCCOPC.[Y]. The second kappa shape index (κ2) is 35.6. The van der Waals surface area contributed by atoms with E-state index in [0.29, 0.717) is 21.6 Å². The predicted octanol–water partition coefficient (Wildman–Crippen LogP) is 1.45. The molecule has 3 heterocycles. The van der Waals surface area contributed by atoms with Crippen LogP contribution in [0.15, 0.2) is 0 Å². The van der Waals surface area contributed by atoms with Crippen molar-refractivity contribution in [3.63, 3.8) is 0 Å². The van der Waals surface area contributed by atoms with Crippen molar-refractivity contribution >= 4 is 8.81 Å². The van der Waals surface area contributed by atoms with Crippen molar-refractivity contribution in [2.75, 3.05) is 40.2 Å². The smallest absolute Gasteiger partial charge is 0.187 e. The van der Waals surface area contributed by atoms with E-state index in [4.69, 9.17) is 32.9 Å². The molecule has 18 heteroatoms. The molecule has 0 saturated carbocycles. The summed E-state index contributed by atoms with van der Waals surface area (Å²) < 4.78 is 37.9. The Balaban J connectivity index is -0.00000126. The average Bonchev–Trinajstić information content (AvgIpc) is 3.17. The Bertz CT molecular complexity index is 853. The van der Waals surface area contributed by atoms with E-state index in [1.54, 1.807) is 0 Å². The Labute approximate surface area is 357 Å². The van der Waals surface area contributed by atoms with Gasteiger partial charge in [-0.05, 0) is 25.4 Å². The summed E-state index contributed by atoms with van der Waals surface area (Å²) in [7, 11) is 2.00. The van der Waals surface area contributed by atoms with Crippen LogP contribution in [0.3, 0.4) is 0 Å². The standard InChI is InChI=1S/C22H40O15.C6H14.C5H13OP.2C2H6.Y/c1-3-4-8-13(26)19(14(27)9(5-23)33-8)36-22-18(31)20(15(28)10(6-24)34-22)37-21-17(30)16(29)12(25)11(35-21)7-32-2;1-4-5-6(2)3;1-3-4-5-6-7-2;2*1-2;/h8-31H,3-7H2,1-2H3;6H,4-5H2,1-3H3;7H,3-5H2,1-2H3;2*1-2H3;. The fourth-order valence-electron chi connectivity index (χ4n) is 5.71. The van der Waals surface area contributed by atoms with Crippen LogP contribution in [0.1, 0.15) is 101 Å². The molecule has 1 radical (unpaired) electrons. The van der Waals surface area contributed by atoms with Crippen LogP contribution in [0.5, 0.6) is 0 Å². The first-order chi connectivity index (χ1) is 25.8. The maximum absolute atomic E-state index is 11.0. The van der Waals surface area contributed by atoms with Gasteiger partial charge in [0.05, 0.1) is 32.5 Å². The number of aliphatic hydroxyl groups is 9. The summed E-state index contributed by atoms with van der Waals surface area (Å²) in [6.07, 6.45) is -15.9. The molecule has 331 valence electrons. The van der Waals surface area contributed by atoms with E-state index in [9.17, 15) is 46.0 Å². The Morgan fingerprint density at radius 2 is 1.07 bits per heavy atom. The van der Waals surface area contributed by atoms with Crippen LogP contribution >= 0.6 is 8.81 Å². The molecule has 0 bridgehead atoms. The van der Waals surface area contributed by atoms with Gasteiger partial charge >= 0.3 is 0 Å². The van der Waals surface area contributed by atoms with Crippen molar-refractivity contribution in [2.45, 2.75) is 193 Å². The van der Waals surface area contributed by atoms with Gasteiger partial charge in [-0.3, -0.25) is 0 Å². The predicted molar refractivity (Wildman–Crippen MR) is 206 cm³/mol. The molecule has 16 nitrogen and oxygen atoms in total. The second-order valence-corrected chi connectivity index (χ2v) is 13.8. The monoisotopic (exact) mass is 899 g/mol. The summed E-state index contributed by atoms with van der Waals surface area (Å²) in [6.45, 7) is 20.3. The van der Waals surface area contributed by atoms with Gasteiger partial charge in [0.2, 0.25) is 0 Å². The van der Waals surface area contributed by atoms with Crippen LogP contribution in [0.2, 0.25) is 0 Å².